The number of nitrogens with two attached hydrogens (primary N) is 1. The summed E-state index contributed by atoms with van der Waals surface area (Å²) in [5, 5.41) is 3.31. The predicted molar refractivity (Wildman–Crippen MR) is 82.8 cm³/mol. The van der Waals surface area contributed by atoms with Crippen molar-refractivity contribution in [1.29, 1.82) is 0 Å². The lowest BCUT2D eigenvalue weighted by Crippen LogP contribution is -2.14. The van der Waals surface area contributed by atoms with Crippen LogP contribution in [0.25, 0.3) is 0 Å². The van der Waals surface area contributed by atoms with Crippen molar-refractivity contribution in [2.75, 3.05) is 12.4 Å². The van der Waals surface area contributed by atoms with Crippen LogP contribution in [-0.2, 0) is 11.2 Å². The first-order chi connectivity index (χ1) is 10.1. The molecule has 1 amide bonds. The van der Waals surface area contributed by atoms with Crippen molar-refractivity contribution in [3.63, 3.8) is 0 Å². The molecule has 1 heterocycles. The first-order valence-corrected chi connectivity index (χ1v) is 6.98. The maximum absolute atomic E-state index is 11.5. The van der Waals surface area contributed by atoms with Crippen LogP contribution in [0.1, 0.15) is 22.7 Å². The van der Waals surface area contributed by atoms with Gasteiger partial charge in [0.25, 0.3) is 0 Å². The Hall–Kier alpha value is -2.04. The summed E-state index contributed by atoms with van der Waals surface area (Å²) < 4.78 is 5.35. The van der Waals surface area contributed by atoms with E-state index in [2.05, 4.69) is 5.32 Å². The zero-order valence-electron chi connectivity index (χ0n) is 11.5. The van der Waals surface area contributed by atoms with E-state index < -0.39 is 6.04 Å². The molecule has 0 aliphatic carbocycles. The monoisotopic (exact) mass is 302 g/mol. The molecule has 1 aliphatic heterocycles. The number of methoxy groups -OCH3 is 1. The molecular weight excluding hydrogens is 288 g/mol. The normalized spacial score (nSPS) is 14.5. The van der Waals surface area contributed by atoms with Crippen molar-refractivity contribution in [2.24, 2.45) is 5.73 Å². The number of nitrogens with one attached hydrogen (secondary N) is 1. The second-order valence-corrected chi connectivity index (χ2v) is 5.38. The molecule has 2 aromatic rings. The van der Waals surface area contributed by atoms with Gasteiger partial charge in [-0.3, -0.25) is 4.79 Å². The average Bonchev–Trinajstić information content (AvgIpc) is 2.84. The number of hydrogen-bond donors (Lipinski definition) is 2. The second kappa shape index (κ2) is 5.39. The molecule has 1 aliphatic rings. The molecule has 0 spiro atoms. The van der Waals surface area contributed by atoms with Gasteiger partial charge in [0, 0.05) is 16.3 Å². The Morgan fingerprint density at radius 3 is 2.81 bits per heavy atom. The summed E-state index contributed by atoms with van der Waals surface area (Å²) in [7, 11) is 1.61. The van der Waals surface area contributed by atoms with Crippen LogP contribution >= 0.6 is 11.6 Å². The number of halogens is 1. The van der Waals surface area contributed by atoms with Crippen molar-refractivity contribution in [2.45, 2.75) is 12.5 Å². The fourth-order valence-electron chi connectivity index (χ4n) is 2.60. The molecule has 0 bridgehead atoms. The minimum absolute atomic E-state index is 0.0240. The highest BCUT2D eigenvalue weighted by molar-refractivity contribution is 6.32. The van der Waals surface area contributed by atoms with E-state index in [1.807, 2.05) is 30.3 Å². The Morgan fingerprint density at radius 1 is 1.29 bits per heavy atom. The second-order valence-electron chi connectivity index (χ2n) is 4.98. The molecular formula is C16H15ClN2O2. The number of fused-ring (bicyclic) bond motifs is 1. The number of carbonyl (C=O) groups excluding carboxylic acids is 1. The highest BCUT2D eigenvalue weighted by atomic mass is 35.5. The molecule has 0 aromatic heterocycles. The number of ether oxygens (including phenoxy) is 1. The van der Waals surface area contributed by atoms with Gasteiger partial charge in [0.1, 0.15) is 5.75 Å². The lowest BCUT2D eigenvalue weighted by atomic mass is 9.96. The molecule has 4 nitrogen and oxygen atoms in total. The quantitative estimate of drug-likeness (QED) is 0.916. The maximum Gasteiger partial charge on any atom is 0.228 e. The van der Waals surface area contributed by atoms with Crippen molar-refractivity contribution in [3.05, 3.63) is 58.1 Å². The lowest BCUT2D eigenvalue weighted by molar-refractivity contribution is -0.115. The molecule has 108 valence electrons. The van der Waals surface area contributed by atoms with E-state index in [0.29, 0.717) is 11.4 Å². The Bertz CT molecular complexity index is 715. The Balaban J connectivity index is 2.04. The van der Waals surface area contributed by atoms with Crippen LogP contribution in [0.4, 0.5) is 5.69 Å². The fraction of sp³-hybridized carbons (Fsp3) is 0.188. The standard InChI is InChI=1S/C16H15ClN2O2/c1-21-14-5-3-2-4-10(14)16(18)11-6-9-7-15(20)19-13(9)8-12(11)17/h2-6,8,16H,7,18H2,1H3,(H,19,20). The molecule has 0 radical (unpaired) electrons. The van der Waals surface area contributed by atoms with Crippen LogP contribution in [0, 0.1) is 0 Å². The van der Waals surface area contributed by atoms with Gasteiger partial charge in [-0.05, 0) is 29.3 Å². The van der Waals surface area contributed by atoms with Gasteiger partial charge in [-0.15, -0.1) is 0 Å². The highest BCUT2D eigenvalue weighted by Gasteiger charge is 2.23. The fourth-order valence-corrected chi connectivity index (χ4v) is 2.88. The summed E-state index contributed by atoms with van der Waals surface area (Å²) in [6.45, 7) is 0. The predicted octanol–water partition coefficient (Wildman–Crippen LogP) is 2.89. The summed E-state index contributed by atoms with van der Waals surface area (Å²) in [6, 6.07) is 10.8. The summed E-state index contributed by atoms with van der Waals surface area (Å²) in [5.41, 5.74) is 9.69. The summed E-state index contributed by atoms with van der Waals surface area (Å²) in [4.78, 5) is 11.5. The molecule has 1 unspecified atom stereocenters. The van der Waals surface area contributed by atoms with Crippen LogP contribution in [0.3, 0.4) is 0 Å². The number of amides is 1. The SMILES string of the molecule is COc1ccccc1C(N)c1cc2c(cc1Cl)NC(=O)C2. The van der Waals surface area contributed by atoms with Crippen molar-refractivity contribution >= 4 is 23.2 Å². The number of hydrogen-bond acceptors (Lipinski definition) is 3. The van der Waals surface area contributed by atoms with Crippen LogP contribution in [0.5, 0.6) is 5.75 Å². The third kappa shape index (κ3) is 2.48. The van der Waals surface area contributed by atoms with Crippen LogP contribution in [0.15, 0.2) is 36.4 Å². The van der Waals surface area contributed by atoms with Crippen LogP contribution in [0.2, 0.25) is 5.02 Å². The van der Waals surface area contributed by atoms with E-state index in [4.69, 9.17) is 22.1 Å². The van der Waals surface area contributed by atoms with E-state index >= 15 is 0 Å². The zero-order valence-corrected chi connectivity index (χ0v) is 12.3. The number of anilines is 1. The van der Waals surface area contributed by atoms with Crippen molar-refractivity contribution in [1.82, 2.24) is 0 Å². The van der Waals surface area contributed by atoms with Gasteiger partial charge < -0.3 is 15.8 Å². The molecule has 0 saturated heterocycles. The molecule has 0 fully saturated rings. The molecule has 21 heavy (non-hydrogen) atoms. The minimum Gasteiger partial charge on any atom is -0.496 e. The summed E-state index contributed by atoms with van der Waals surface area (Å²) in [5.74, 6) is 0.694. The van der Waals surface area contributed by atoms with Crippen LogP contribution < -0.4 is 15.8 Å². The zero-order chi connectivity index (χ0) is 15.0. The van der Waals surface area contributed by atoms with Crippen LogP contribution in [-0.4, -0.2) is 13.0 Å². The average molecular weight is 303 g/mol. The van der Waals surface area contributed by atoms with E-state index in [0.717, 1.165) is 28.1 Å². The lowest BCUT2D eigenvalue weighted by Gasteiger charge is -2.18. The minimum atomic E-state index is -0.408. The van der Waals surface area contributed by atoms with E-state index in [-0.39, 0.29) is 5.91 Å². The van der Waals surface area contributed by atoms with Crippen molar-refractivity contribution < 1.29 is 9.53 Å². The number of carbonyl (C=O) groups is 1. The van der Waals surface area contributed by atoms with Gasteiger partial charge in [0.05, 0.1) is 19.6 Å². The Morgan fingerprint density at radius 2 is 2.05 bits per heavy atom. The summed E-state index contributed by atoms with van der Waals surface area (Å²) in [6.07, 6.45) is 0.359. The van der Waals surface area contributed by atoms with Gasteiger partial charge in [0.2, 0.25) is 5.91 Å². The molecule has 2 aromatic carbocycles. The third-order valence-corrected chi connectivity index (χ3v) is 3.98. The van der Waals surface area contributed by atoms with Crippen molar-refractivity contribution in [3.8, 4) is 5.75 Å². The van der Waals surface area contributed by atoms with Gasteiger partial charge in [-0.2, -0.15) is 0 Å². The number of benzene rings is 2. The molecule has 3 rings (SSSR count). The maximum atomic E-state index is 11.5. The van der Waals surface area contributed by atoms with E-state index in [9.17, 15) is 4.79 Å². The molecule has 5 heteroatoms. The number of rotatable bonds is 3. The largest absolute Gasteiger partial charge is 0.496 e. The van der Waals surface area contributed by atoms with E-state index in [1.165, 1.54) is 0 Å². The third-order valence-electron chi connectivity index (χ3n) is 3.66. The Kier molecular flexibility index (Phi) is 3.57. The first kappa shape index (κ1) is 13.9. The van der Waals surface area contributed by atoms with Gasteiger partial charge in [-0.1, -0.05) is 29.8 Å². The molecule has 0 saturated carbocycles. The first-order valence-electron chi connectivity index (χ1n) is 6.61. The topological polar surface area (TPSA) is 64.3 Å². The summed E-state index contributed by atoms with van der Waals surface area (Å²) >= 11 is 6.32. The Labute approximate surface area is 127 Å². The van der Waals surface area contributed by atoms with E-state index in [1.54, 1.807) is 13.2 Å². The van der Waals surface area contributed by atoms with Gasteiger partial charge in [-0.25, -0.2) is 0 Å². The highest BCUT2D eigenvalue weighted by Crippen LogP contribution is 2.36. The van der Waals surface area contributed by atoms with Gasteiger partial charge in [0.15, 0.2) is 0 Å². The molecule has 1 atom stereocenters. The van der Waals surface area contributed by atoms with Gasteiger partial charge >= 0.3 is 0 Å². The number of para-hydroxylation sites is 1. The molecule has 3 N–H and O–H groups in total. The smallest absolute Gasteiger partial charge is 0.228 e.